The van der Waals surface area contributed by atoms with Crippen molar-refractivity contribution in [1.29, 1.82) is 0 Å². The van der Waals surface area contributed by atoms with Crippen LogP contribution in [0.25, 0.3) is 0 Å². The highest BCUT2D eigenvalue weighted by Gasteiger charge is 2.13. The van der Waals surface area contributed by atoms with Gasteiger partial charge in [0.1, 0.15) is 0 Å². The van der Waals surface area contributed by atoms with Crippen molar-refractivity contribution in [2.24, 2.45) is 11.7 Å². The summed E-state index contributed by atoms with van der Waals surface area (Å²) in [5.41, 5.74) is 5.94. The van der Waals surface area contributed by atoms with Crippen LogP contribution in [0, 0.1) is 18.3 Å². The number of nitrogens with two attached hydrogens (primary N) is 1. The first-order chi connectivity index (χ1) is 5.76. The third kappa shape index (κ3) is 4.41. The van der Waals surface area contributed by atoms with E-state index in [1.165, 1.54) is 19.3 Å². The smallest absolute Gasteiger partial charge is 0.0241 e. The fraction of sp³-hybridized carbons (Fsp3) is 0.818. The molecule has 0 rings (SSSR count). The molecule has 2 atom stereocenters. The first-order valence-corrected chi connectivity index (χ1v) is 4.95. The van der Waals surface area contributed by atoms with Gasteiger partial charge in [-0.2, -0.15) is 0 Å². The lowest BCUT2D eigenvalue weighted by Gasteiger charge is -2.20. The van der Waals surface area contributed by atoms with Crippen molar-refractivity contribution in [2.75, 3.05) is 0 Å². The van der Waals surface area contributed by atoms with Crippen LogP contribution >= 0.6 is 0 Å². The van der Waals surface area contributed by atoms with Gasteiger partial charge in [-0.3, -0.25) is 0 Å². The average Bonchev–Trinajstić information content (AvgIpc) is 2.06. The van der Waals surface area contributed by atoms with Crippen LogP contribution in [0.15, 0.2) is 0 Å². The molecule has 0 aliphatic heterocycles. The van der Waals surface area contributed by atoms with E-state index in [0.717, 1.165) is 12.8 Å². The average molecular weight is 167 g/mol. The molecule has 1 nitrogen and oxygen atoms in total. The van der Waals surface area contributed by atoms with Crippen molar-refractivity contribution >= 4 is 0 Å². The second kappa shape index (κ2) is 7.18. The number of unbranched alkanes of at least 4 members (excludes halogenated alkanes) is 1. The van der Waals surface area contributed by atoms with E-state index < -0.39 is 0 Å². The van der Waals surface area contributed by atoms with Crippen molar-refractivity contribution < 1.29 is 0 Å². The molecule has 2 N–H and O–H groups in total. The normalized spacial score (nSPS) is 15.2. The van der Waals surface area contributed by atoms with Crippen molar-refractivity contribution in [3.05, 3.63) is 0 Å². The Morgan fingerprint density at radius 2 is 2.08 bits per heavy atom. The molecule has 0 fully saturated rings. The summed E-state index contributed by atoms with van der Waals surface area (Å²) in [5.74, 6) is 3.26. The number of hydrogen-bond acceptors (Lipinski definition) is 1. The van der Waals surface area contributed by atoms with E-state index >= 15 is 0 Å². The van der Waals surface area contributed by atoms with E-state index in [2.05, 4.69) is 19.8 Å². The van der Waals surface area contributed by atoms with Crippen LogP contribution in [0.1, 0.15) is 46.0 Å². The Morgan fingerprint density at radius 3 is 2.50 bits per heavy atom. The van der Waals surface area contributed by atoms with Crippen molar-refractivity contribution in [1.82, 2.24) is 0 Å². The standard InChI is InChI=1S/C11H21N/c1-4-7-9-10(6-3)11(12)8-5-2/h2,10-11H,4,6-9,12H2,1,3H3. The molecule has 0 saturated carbocycles. The van der Waals surface area contributed by atoms with Gasteiger partial charge in [-0.15, -0.1) is 12.3 Å². The van der Waals surface area contributed by atoms with Gasteiger partial charge in [0.15, 0.2) is 0 Å². The Kier molecular flexibility index (Phi) is 6.90. The second-order valence-electron chi connectivity index (χ2n) is 3.38. The molecule has 0 bridgehead atoms. The summed E-state index contributed by atoms with van der Waals surface area (Å²) in [4.78, 5) is 0. The maximum atomic E-state index is 5.94. The van der Waals surface area contributed by atoms with Gasteiger partial charge < -0.3 is 5.73 Å². The molecule has 0 amide bonds. The van der Waals surface area contributed by atoms with E-state index in [9.17, 15) is 0 Å². The van der Waals surface area contributed by atoms with E-state index in [1.54, 1.807) is 0 Å². The highest BCUT2D eigenvalue weighted by molar-refractivity contribution is 4.90. The van der Waals surface area contributed by atoms with Crippen molar-refractivity contribution in [3.8, 4) is 12.3 Å². The molecule has 0 radical (unpaired) electrons. The second-order valence-corrected chi connectivity index (χ2v) is 3.38. The molecule has 70 valence electrons. The monoisotopic (exact) mass is 167 g/mol. The zero-order chi connectivity index (χ0) is 9.40. The molecule has 2 unspecified atom stereocenters. The SMILES string of the molecule is C#CCC(N)C(CC)CCCC. The van der Waals surface area contributed by atoms with Gasteiger partial charge in [0.2, 0.25) is 0 Å². The molecule has 0 aliphatic carbocycles. The molecule has 0 aromatic heterocycles. The zero-order valence-corrected chi connectivity index (χ0v) is 8.34. The lowest BCUT2D eigenvalue weighted by molar-refractivity contribution is 0.375. The zero-order valence-electron chi connectivity index (χ0n) is 8.34. The Hall–Kier alpha value is -0.480. The van der Waals surface area contributed by atoms with Crippen LogP contribution in [0.3, 0.4) is 0 Å². The molecule has 0 saturated heterocycles. The van der Waals surface area contributed by atoms with Gasteiger partial charge >= 0.3 is 0 Å². The first kappa shape index (κ1) is 11.5. The van der Waals surface area contributed by atoms with Crippen LogP contribution in [-0.2, 0) is 0 Å². The highest BCUT2D eigenvalue weighted by atomic mass is 14.6. The maximum absolute atomic E-state index is 5.94. The number of terminal acetylenes is 1. The molecular weight excluding hydrogens is 146 g/mol. The van der Waals surface area contributed by atoms with Gasteiger partial charge in [0.05, 0.1) is 0 Å². The predicted molar refractivity (Wildman–Crippen MR) is 54.7 cm³/mol. The van der Waals surface area contributed by atoms with Crippen LogP contribution in [0.4, 0.5) is 0 Å². The predicted octanol–water partition coefficient (Wildman–Crippen LogP) is 2.55. The molecule has 0 heterocycles. The van der Waals surface area contributed by atoms with E-state index in [1.807, 2.05) is 0 Å². The Morgan fingerprint density at radius 1 is 1.42 bits per heavy atom. The number of rotatable bonds is 6. The number of hydrogen-bond donors (Lipinski definition) is 1. The fourth-order valence-corrected chi connectivity index (χ4v) is 1.49. The topological polar surface area (TPSA) is 26.0 Å². The largest absolute Gasteiger partial charge is 0.327 e. The minimum absolute atomic E-state index is 0.214. The lowest BCUT2D eigenvalue weighted by Crippen LogP contribution is -2.29. The molecular formula is C11H21N. The summed E-state index contributed by atoms with van der Waals surface area (Å²) in [6.07, 6.45) is 10.9. The Labute approximate surface area is 76.7 Å². The molecule has 0 aromatic carbocycles. The summed E-state index contributed by atoms with van der Waals surface area (Å²) >= 11 is 0. The molecule has 0 aromatic rings. The molecule has 0 spiro atoms. The van der Waals surface area contributed by atoms with Gasteiger partial charge in [-0.1, -0.05) is 33.1 Å². The van der Waals surface area contributed by atoms with Crippen molar-refractivity contribution in [3.63, 3.8) is 0 Å². The minimum Gasteiger partial charge on any atom is -0.327 e. The van der Waals surface area contributed by atoms with E-state index in [4.69, 9.17) is 12.2 Å². The van der Waals surface area contributed by atoms with Crippen LogP contribution in [0.2, 0.25) is 0 Å². The highest BCUT2D eigenvalue weighted by Crippen LogP contribution is 2.17. The summed E-state index contributed by atoms with van der Waals surface area (Å²) in [7, 11) is 0. The van der Waals surface area contributed by atoms with Gasteiger partial charge in [-0.05, 0) is 12.3 Å². The van der Waals surface area contributed by atoms with Crippen LogP contribution < -0.4 is 5.73 Å². The van der Waals surface area contributed by atoms with Crippen molar-refractivity contribution in [2.45, 2.75) is 52.0 Å². The van der Waals surface area contributed by atoms with Crippen LogP contribution in [-0.4, -0.2) is 6.04 Å². The molecule has 1 heteroatoms. The van der Waals surface area contributed by atoms with Crippen LogP contribution in [0.5, 0.6) is 0 Å². The van der Waals surface area contributed by atoms with Gasteiger partial charge in [0.25, 0.3) is 0 Å². The Balaban J connectivity index is 3.72. The minimum atomic E-state index is 0.214. The summed E-state index contributed by atoms with van der Waals surface area (Å²) in [6, 6.07) is 0.214. The Bertz CT molecular complexity index is 134. The quantitative estimate of drug-likeness (QED) is 0.604. The van der Waals surface area contributed by atoms with E-state index in [-0.39, 0.29) is 6.04 Å². The van der Waals surface area contributed by atoms with Gasteiger partial charge in [0, 0.05) is 12.5 Å². The summed E-state index contributed by atoms with van der Waals surface area (Å²) in [5, 5.41) is 0. The molecule has 0 aliphatic rings. The van der Waals surface area contributed by atoms with E-state index in [0.29, 0.717) is 5.92 Å². The molecule has 12 heavy (non-hydrogen) atoms. The fourth-order valence-electron chi connectivity index (χ4n) is 1.49. The summed E-state index contributed by atoms with van der Waals surface area (Å²) < 4.78 is 0. The third-order valence-electron chi connectivity index (χ3n) is 2.41. The first-order valence-electron chi connectivity index (χ1n) is 4.95. The summed E-state index contributed by atoms with van der Waals surface area (Å²) in [6.45, 7) is 4.40. The lowest BCUT2D eigenvalue weighted by atomic mass is 9.90. The van der Waals surface area contributed by atoms with Gasteiger partial charge in [-0.25, -0.2) is 0 Å². The maximum Gasteiger partial charge on any atom is 0.0241 e. The third-order valence-corrected chi connectivity index (χ3v) is 2.41.